The molecule has 0 heterocycles. The fourth-order valence-corrected chi connectivity index (χ4v) is 1.59. The van der Waals surface area contributed by atoms with Crippen LogP contribution >= 0.6 is 15.9 Å². The second-order valence-electron chi connectivity index (χ2n) is 3.30. The lowest BCUT2D eigenvalue weighted by molar-refractivity contribution is -0.134. The van der Waals surface area contributed by atoms with Crippen LogP contribution in [-0.4, -0.2) is 18.4 Å². The average molecular weight is 287 g/mol. The van der Waals surface area contributed by atoms with Crippen LogP contribution in [0, 0.1) is 0 Å². The predicted molar refractivity (Wildman–Crippen MR) is 66.3 cm³/mol. The molecular weight excluding hydrogens is 272 g/mol. The van der Waals surface area contributed by atoms with E-state index in [1.54, 1.807) is 31.4 Å². The summed E-state index contributed by atoms with van der Waals surface area (Å²) in [5.41, 5.74) is 0. The SMILES string of the molecule is COc1ccc(OC(=O)CCCCBr)cc1. The van der Waals surface area contributed by atoms with Gasteiger partial charge in [-0.2, -0.15) is 0 Å². The molecule has 0 fully saturated rings. The van der Waals surface area contributed by atoms with Crippen LogP contribution in [0.4, 0.5) is 0 Å². The van der Waals surface area contributed by atoms with E-state index in [1.165, 1.54) is 0 Å². The number of unbranched alkanes of at least 4 members (excludes halogenated alkanes) is 1. The molecule has 0 aromatic heterocycles. The number of halogens is 1. The maximum absolute atomic E-state index is 11.4. The third-order valence-electron chi connectivity index (χ3n) is 2.06. The van der Waals surface area contributed by atoms with Crippen LogP contribution < -0.4 is 9.47 Å². The molecule has 0 bridgehead atoms. The number of hydrogen-bond acceptors (Lipinski definition) is 3. The van der Waals surface area contributed by atoms with E-state index < -0.39 is 0 Å². The Morgan fingerprint density at radius 2 is 1.81 bits per heavy atom. The van der Waals surface area contributed by atoms with Crippen molar-refractivity contribution in [2.24, 2.45) is 0 Å². The van der Waals surface area contributed by atoms with Crippen molar-refractivity contribution < 1.29 is 14.3 Å². The summed E-state index contributed by atoms with van der Waals surface area (Å²) in [5.74, 6) is 1.12. The molecule has 0 atom stereocenters. The molecule has 4 heteroatoms. The maximum atomic E-state index is 11.4. The maximum Gasteiger partial charge on any atom is 0.311 e. The third-order valence-corrected chi connectivity index (χ3v) is 2.62. The van der Waals surface area contributed by atoms with Gasteiger partial charge in [-0.15, -0.1) is 0 Å². The summed E-state index contributed by atoms with van der Waals surface area (Å²) in [7, 11) is 1.60. The zero-order valence-corrected chi connectivity index (χ0v) is 10.8. The predicted octanol–water partition coefficient (Wildman–Crippen LogP) is 3.17. The van der Waals surface area contributed by atoms with Gasteiger partial charge < -0.3 is 9.47 Å². The van der Waals surface area contributed by atoms with E-state index in [2.05, 4.69) is 15.9 Å². The standard InChI is InChI=1S/C12H15BrO3/c1-15-10-5-7-11(8-6-10)16-12(14)4-2-3-9-13/h5-8H,2-4,9H2,1H3. The Balaban J connectivity index is 2.37. The zero-order valence-electron chi connectivity index (χ0n) is 9.24. The highest BCUT2D eigenvalue weighted by atomic mass is 79.9. The quantitative estimate of drug-likeness (QED) is 0.349. The zero-order chi connectivity index (χ0) is 11.8. The number of esters is 1. The number of carbonyl (C=O) groups excluding carboxylic acids is 1. The molecule has 0 radical (unpaired) electrons. The molecule has 0 aliphatic carbocycles. The van der Waals surface area contributed by atoms with Crippen molar-refractivity contribution in [2.75, 3.05) is 12.4 Å². The number of benzene rings is 1. The highest BCUT2D eigenvalue weighted by Crippen LogP contribution is 2.17. The molecule has 1 aromatic rings. The summed E-state index contributed by atoms with van der Waals surface area (Å²) in [5, 5.41) is 0.919. The molecule has 0 spiro atoms. The molecule has 3 nitrogen and oxygen atoms in total. The van der Waals surface area contributed by atoms with Crippen LogP contribution in [-0.2, 0) is 4.79 Å². The first-order chi connectivity index (χ1) is 7.76. The molecule has 0 amide bonds. The van der Waals surface area contributed by atoms with Gasteiger partial charge in [0, 0.05) is 11.8 Å². The molecular formula is C12H15BrO3. The Morgan fingerprint density at radius 1 is 1.19 bits per heavy atom. The molecule has 1 aromatic carbocycles. The Hall–Kier alpha value is -1.03. The van der Waals surface area contributed by atoms with Gasteiger partial charge >= 0.3 is 5.97 Å². The lowest BCUT2D eigenvalue weighted by Crippen LogP contribution is -2.07. The van der Waals surface area contributed by atoms with E-state index in [4.69, 9.17) is 9.47 Å². The number of ether oxygens (including phenoxy) is 2. The fraction of sp³-hybridized carbons (Fsp3) is 0.417. The largest absolute Gasteiger partial charge is 0.497 e. The van der Waals surface area contributed by atoms with Gasteiger partial charge in [0.25, 0.3) is 0 Å². The molecule has 0 saturated carbocycles. The van der Waals surface area contributed by atoms with Crippen LogP contribution in [0.2, 0.25) is 0 Å². The Kier molecular flexibility index (Phi) is 5.93. The van der Waals surface area contributed by atoms with Crippen molar-refractivity contribution in [3.05, 3.63) is 24.3 Å². The second kappa shape index (κ2) is 7.28. The Bertz CT molecular complexity index is 322. The van der Waals surface area contributed by atoms with Crippen molar-refractivity contribution in [2.45, 2.75) is 19.3 Å². The van der Waals surface area contributed by atoms with E-state index >= 15 is 0 Å². The third kappa shape index (κ3) is 4.66. The van der Waals surface area contributed by atoms with Crippen LogP contribution in [0.5, 0.6) is 11.5 Å². The van der Waals surface area contributed by atoms with Gasteiger partial charge in [-0.3, -0.25) is 4.79 Å². The van der Waals surface area contributed by atoms with Crippen molar-refractivity contribution in [3.63, 3.8) is 0 Å². The number of carbonyl (C=O) groups is 1. The van der Waals surface area contributed by atoms with E-state index in [-0.39, 0.29) is 5.97 Å². The summed E-state index contributed by atoms with van der Waals surface area (Å²) in [6, 6.07) is 6.98. The summed E-state index contributed by atoms with van der Waals surface area (Å²) in [6.07, 6.45) is 2.29. The number of alkyl halides is 1. The minimum absolute atomic E-state index is 0.189. The van der Waals surface area contributed by atoms with Gasteiger partial charge in [0.05, 0.1) is 7.11 Å². The topological polar surface area (TPSA) is 35.5 Å². The smallest absolute Gasteiger partial charge is 0.311 e. The van der Waals surface area contributed by atoms with E-state index in [0.29, 0.717) is 12.2 Å². The number of rotatable bonds is 6. The highest BCUT2D eigenvalue weighted by molar-refractivity contribution is 9.09. The molecule has 0 saturated heterocycles. The van der Waals surface area contributed by atoms with Gasteiger partial charge in [0.2, 0.25) is 0 Å². The minimum Gasteiger partial charge on any atom is -0.497 e. The summed E-state index contributed by atoms with van der Waals surface area (Å²) in [6.45, 7) is 0. The van der Waals surface area contributed by atoms with E-state index in [1.807, 2.05) is 0 Å². The van der Waals surface area contributed by atoms with Gasteiger partial charge in [0.15, 0.2) is 0 Å². The van der Waals surface area contributed by atoms with Gasteiger partial charge in [-0.1, -0.05) is 15.9 Å². The van der Waals surface area contributed by atoms with Gasteiger partial charge in [-0.25, -0.2) is 0 Å². The number of hydrogen-bond donors (Lipinski definition) is 0. The van der Waals surface area contributed by atoms with Crippen molar-refractivity contribution in [3.8, 4) is 11.5 Å². The van der Waals surface area contributed by atoms with Crippen molar-refractivity contribution >= 4 is 21.9 Å². The highest BCUT2D eigenvalue weighted by Gasteiger charge is 2.04. The van der Waals surface area contributed by atoms with E-state index in [0.717, 1.165) is 23.9 Å². The molecule has 0 N–H and O–H groups in total. The van der Waals surface area contributed by atoms with Crippen LogP contribution in [0.25, 0.3) is 0 Å². The first-order valence-electron chi connectivity index (χ1n) is 5.17. The molecule has 0 unspecified atom stereocenters. The molecule has 0 aliphatic rings. The Labute approximate surface area is 104 Å². The average Bonchev–Trinajstić information content (AvgIpc) is 2.30. The van der Waals surface area contributed by atoms with Crippen LogP contribution in [0.3, 0.4) is 0 Å². The van der Waals surface area contributed by atoms with Crippen molar-refractivity contribution in [1.82, 2.24) is 0 Å². The fourth-order valence-electron chi connectivity index (χ4n) is 1.19. The van der Waals surface area contributed by atoms with Crippen LogP contribution in [0.1, 0.15) is 19.3 Å². The molecule has 16 heavy (non-hydrogen) atoms. The summed E-state index contributed by atoms with van der Waals surface area (Å²) < 4.78 is 10.2. The molecule has 88 valence electrons. The molecule has 1 rings (SSSR count). The first kappa shape index (κ1) is 13.0. The minimum atomic E-state index is -0.189. The van der Waals surface area contributed by atoms with E-state index in [9.17, 15) is 4.79 Å². The Morgan fingerprint density at radius 3 is 2.38 bits per heavy atom. The lowest BCUT2D eigenvalue weighted by atomic mass is 10.2. The van der Waals surface area contributed by atoms with Gasteiger partial charge in [0.1, 0.15) is 11.5 Å². The summed E-state index contributed by atoms with van der Waals surface area (Å²) >= 11 is 3.32. The first-order valence-corrected chi connectivity index (χ1v) is 6.29. The normalized spacial score (nSPS) is 9.88. The summed E-state index contributed by atoms with van der Waals surface area (Å²) in [4.78, 5) is 11.4. The second-order valence-corrected chi connectivity index (χ2v) is 4.09. The van der Waals surface area contributed by atoms with Crippen LogP contribution in [0.15, 0.2) is 24.3 Å². The molecule has 0 aliphatic heterocycles. The number of methoxy groups -OCH3 is 1. The van der Waals surface area contributed by atoms with Crippen molar-refractivity contribution in [1.29, 1.82) is 0 Å². The van der Waals surface area contributed by atoms with Gasteiger partial charge in [-0.05, 0) is 37.1 Å². The lowest BCUT2D eigenvalue weighted by Gasteiger charge is -2.04. The monoisotopic (exact) mass is 286 g/mol.